The van der Waals surface area contributed by atoms with E-state index in [0.29, 0.717) is 12.8 Å². The van der Waals surface area contributed by atoms with Gasteiger partial charge in [0.25, 0.3) is 0 Å². The van der Waals surface area contributed by atoms with Crippen LogP contribution in [0.5, 0.6) is 5.75 Å². The summed E-state index contributed by atoms with van der Waals surface area (Å²) < 4.78 is 10.1. The Balaban J connectivity index is 2.36. The van der Waals surface area contributed by atoms with Crippen LogP contribution < -0.4 is 10.5 Å². The molecular weight excluding hydrogens is 218 g/mol. The van der Waals surface area contributed by atoms with E-state index < -0.39 is 5.41 Å². The van der Waals surface area contributed by atoms with E-state index in [9.17, 15) is 4.79 Å². The summed E-state index contributed by atoms with van der Waals surface area (Å²) >= 11 is 0. The molecule has 2 N–H and O–H groups in total. The first-order valence-corrected chi connectivity index (χ1v) is 5.61. The summed E-state index contributed by atoms with van der Waals surface area (Å²) in [7, 11) is 3.02. The molecule has 1 aromatic carbocycles. The molecule has 2 rings (SSSR count). The minimum absolute atomic E-state index is 0.0697. The zero-order valence-electron chi connectivity index (χ0n) is 10.1. The minimum atomic E-state index is -0.581. The first-order chi connectivity index (χ1) is 8.12. The third-order valence-corrected chi connectivity index (χ3v) is 3.42. The predicted octanol–water partition coefficient (Wildman–Crippen LogP) is 1.23. The summed E-state index contributed by atoms with van der Waals surface area (Å²) in [5, 5.41) is 0. The largest absolute Gasteiger partial charge is 0.497 e. The van der Waals surface area contributed by atoms with Crippen molar-refractivity contribution in [2.75, 3.05) is 14.2 Å². The topological polar surface area (TPSA) is 61.5 Å². The summed E-state index contributed by atoms with van der Waals surface area (Å²) in [6.45, 7) is 0. The molecule has 0 radical (unpaired) electrons. The number of nitrogens with two attached hydrogens (primary N) is 1. The molecule has 0 atom stereocenters. The molecule has 1 aliphatic carbocycles. The van der Waals surface area contributed by atoms with Crippen molar-refractivity contribution in [1.82, 2.24) is 0 Å². The van der Waals surface area contributed by atoms with Crippen LogP contribution in [0, 0.1) is 0 Å². The second-order valence-corrected chi connectivity index (χ2v) is 4.47. The lowest BCUT2D eigenvalue weighted by Gasteiger charge is -2.43. The number of carbonyl (C=O) groups excluding carboxylic acids is 1. The van der Waals surface area contributed by atoms with Crippen LogP contribution >= 0.6 is 0 Å². The fourth-order valence-electron chi connectivity index (χ4n) is 2.47. The predicted molar refractivity (Wildman–Crippen MR) is 63.9 cm³/mol. The molecule has 0 spiro atoms. The summed E-state index contributed by atoms with van der Waals surface area (Å²) in [5.74, 6) is 0.527. The summed E-state index contributed by atoms with van der Waals surface area (Å²) in [4.78, 5) is 11.9. The molecule has 0 heterocycles. The Morgan fingerprint density at radius 2 is 2.12 bits per heavy atom. The lowest BCUT2D eigenvalue weighted by Crippen LogP contribution is -2.54. The number of methoxy groups -OCH3 is 2. The summed E-state index contributed by atoms with van der Waals surface area (Å²) in [6, 6.07) is 7.60. The van der Waals surface area contributed by atoms with Gasteiger partial charge in [0.05, 0.1) is 19.6 Å². The van der Waals surface area contributed by atoms with Gasteiger partial charge < -0.3 is 15.2 Å². The highest BCUT2D eigenvalue weighted by Gasteiger charge is 2.51. The molecule has 0 unspecified atom stereocenters. The van der Waals surface area contributed by atoms with Crippen LogP contribution in [-0.4, -0.2) is 26.2 Å². The molecule has 4 heteroatoms. The van der Waals surface area contributed by atoms with Gasteiger partial charge in [-0.25, -0.2) is 0 Å². The third-order valence-electron chi connectivity index (χ3n) is 3.42. The molecule has 0 amide bonds. The highest BCUT2D eigenvalue weighted by atomic mass is 16.5. The second kappa shape index (κ2) is 4.37. The zero-order valence-corrected chi connectivity index (χ0v) is 10.1. The van der Waals surface area contributed by atoms with E-state index in [4.69, 9.17) is 15.2 Å². The van der Waals surface area contributed by atoms with Crippen molar-refractivity contribution in [3.63, 3.8) is 0 Å². The van der Waals surface area contributed by atoms with Crippen LogP contribution in [0.25, 0.3) is 0 Å². The Hall–Kier alpha value is -1.55. The lowest BCUT2D eigenvalue weighted by atomic mass is 9.62. The van der Waals surface area contributed by atoms with Crippen LogP contribution in [0.4, 0.5) is 0 Å². The van der Waals surface area contributed by atoms with Crippen LogP contribution in [-0.2, 0) is 14.9 Å². The number of carbonyl (C=O) groups is 1. The van der Waals surface area contributed by atoms with Crippen LogP contribution in [0.3, 0.4) is 0 Å². The van der Waals surface area contributed by atoms with E-state index in [1.807, 2.05) is 24.3 Å². The summed E-state index contributed by atoms with van der Waals surface area (Å²) in [6.07, 6.45) is 1.26. The van der Waals surface area contributed by atoms with Crippen LogP contribution in [0.15, 0.2) is 24.3 Å². The van der Waals surface area contributed by atoms with E-state index in [1.165, 1.54) is 7.11 Å². The van der Waals surface area contributed by atoms with Crippen LogP contribution in [0.2, 0.25) is 0 Å². The average Bonchev–Trinajstić information content (AvgIpc) is 2.33. The fourth-order valence-corrected chi connectivity index (χ4v) is 2.47. The second-order valence-electron chi connectivity index (χ2n) is 4.47. The minimum Gasteiger partial charge on any atom is -0.497 e. The van der Waals surface area contributed by atoms with E-state index in [1.54, 1.807) is 7.11 Å². The Labute approximate surface area is 101 Å². The number of benzene rings is 1. The molecule has 4 nitrogen and oxygen atoms in total. The maximum atomic E-state index is 11.9. The molecule has 0 bridgehead atoms. The van der Waals surface area contributed by atoms with Crippen molar-refractivity contribution in [3.8, 4) is 5.75 Å². The molecule has 0 saturated heterocycles. The maximum absolute atomic E-state index is 11.9. The normalized spacial score (nSPS) is 27.1. The molecule has 92 valence electrons. The number of hydrogen-bond donors (Lipinski definition) is 1. The molecule has 17 heavy (non-hydrogen) atoms. The van der Waals surface area contributed by atoms with Gasteiger partial charge in [-0.2, -0.15) is 0 Å². The van der Waals surface area contributed by atoms with Crippen molar-refractivity contribution in [3.05, 3.63) is 29.8 Å². The SMILES string of the molecule is COC(=O)C1(c2cccc(OC)c2)CC(N)C1. The highest BCUT2D eigenvalue weighted by molar-refractivity contribution is 5.85. The van der Waals surface area contributed by atoms with Crippen molar-refractivity contribution in [2.24, 2.45) is 5.73 Å². The van der Waals surface area contributed by atoms with Crippen molar-refractivity contribution >= 4 is 5.97 Å². The van der Waals surface area contributed by atoms with Gasteiger partial charge in [-0.15, -0.1) is 0 Å². The van der Waals surface area contributed by atoms with E-state index >= 15 is 0 Å². The fraction of sp³-hybridized carbons (Fsp3) is 0.462. The van der Waals surface area contributed by atoms with Gasteiger partial charge in [-0.3, -0.25) is 4.79 Å². The quantitative estimate of drug-likeness (QED) is 0.800. The zero-order chi connectivity index (χ0) is 12.5. The third kappa shape index (κ3) is 1.89. The van der Waals surface area contributed by atoms with Gasteiger partial charge in [0, 0.05) is 6.04 Å². The summed E-state index contributed by atoms with van der Waals surface area (Å²) in [5.41, 5.74) is 6.16. The smallest absolute Gasteiger partial charge is 0.316 e. The first kappa shape index (κ1) is 11.9. The van der Waals surface area contributed by atoms with E-state index in [2.05, 4.69) is 0 Å². The Morgan fingerprint density at radius 1 is 1.41 bits per heavy atom. The maximum Gasteiger partial charge on any atom is 0.316 e. The van der Waals surface area contributed by atoms with Gasteiger partial charge >= 0.3 is 5.97 Å². The Morgan fingerprint density at radius 3 is 2.65 bits per heavy atom. The number of ether oxygens (including phenoxy) is 2. The average molecular weight is 235 g/mol. The first-order valence-electron chi connectivity index (χ1n) is 5.61. The molecule has 1 aliphatic rings. The standard InChI is InChI=1S/C13H17NO3/c1-16-11-5-3-4-9(6-11)13(12(15)17-2)7-10(14)8-13/h3-6,10H,7-8,14H2,1-2H3. The molecular formula is C13H17NO3. The van der Waals surface area contributed by atoms with Crippen molar-refractivity contribution in [1.29, 1.82) is 0 Å². The number of esters is 1. The van der Waals surface area contributed by atoms with E-state index in [-0.39, 0.29) is 12.0 Å². The Kier molecular flexibility index (Phi) is 3.07. The van der Waals surface area contributed by atoms with Gasteiger partial charge in [0.2, 0.25) is 0 Å². The number of rotatable bonds is 3. The van der Waals surface area contributed by atoms with Gasteiger partial charge in [-0.1, -0.05) is 12.1 Å². The molecule has 0 aromatic heterocycles. The van der Waals surface area contributed by atoms with Crippen molar-refractivity contribution in [2.45, 2.75) is 24.3 Å². The highest BCUT2D eigenvalue weighted by Crippen LogP contribution is 2.44. The van der Waals surface area contributed by atoms with Gasteiger partial charge in [0.15, 0.2) is 0 Å². The monoisotopic (exact) mass is 235 g/mol. The van der Waals surface area contributed by atoms with Crippen molar-refractivity contribution < 1.29 is 14.3 Å². The molecule has 1 saturated carbocycles. The number of hydrogen-bond acceptors (Lipinski definition) is 4. The molecule has 1 aromatic rings. The van der Waals surface area contributed by atoms with Crippen LogP contribution in [0.1, 0.15) is 18.4 Å². The lowest BCUT2D eigenvalue weighted by molar-refractivity contribution is -0.152. The Bertz CT molecular complexity index is 424. The van der Waals surface area contributed by atoms with E-state index in [0.717, 1.165) is 11.3 Å². The van der Waals surface area contributed by atoms with Gasteiger partial charge in [-0.05, 0) is 30.5 Å². The molecule has 0 aliphatic heterocycles. The van der Waals surface area contributed by atoms with Gasteiger partial charge in [0.1, 0.15) is 5.75 Å². The molecule has 1 fully saturated rings.